The first-order valence-electron chi connectivity index (χ1n) is 8.25. The molecule has 0 aliphatic heterocycles. The first kappa shape index (κ1) is 19.1. The van der Waals surface area contributed by atoms with Crippen molar-refractivity contribution in [1.82, 2.24) is 0 Å². The topological polar surface area (TPSA) is 55.7 Å². The molecule has 0 spiro atoms. The van der Waals surface area contributed by atoms with Crippen molar-refractivity contribution in [3.05, 3.63) is 88.4 Å². The van der Waals surface area contributed by atoms with Gasteiger partial charge in [0.05, 0.1) is 5.69 Å². The van der Waals surface area contributed by atoms with Gasteiger partial charge in [-0.3, -0.25) is 4.99 Å². The summed E-state index contributed by atoms with van der Waals surface area (Å²) in [5.74, 6) is 0.217. The highest BCUT2D eigenvalue weighted by Crippen LogP contribution is 2.22. The van der Waals surface area contributed by atoms with E-state index in [9.17, 15) is 8.42 Å². The molecular weight excluding hydrogens is 382 g/mol. The first-order chi connectivity index (χ1) is 12.8. The molecule has 0 saturated carbocycles. The quantitative estimate of drug-likeness (QED) is 0.422. The van der Waals surface area contributed by atoms with Gasteiger partial charge in [0.2, 0.25) is 0 Å². The van der Waals surface area contributed by atoms with Gasteiger partial charge < -0.3 is 4.18 Å². The zero-order valence-electron chi connectivity index (χ0n) is 14.9. The van der Waals surface area contributed by atoms with E-state index in [0.717, 1.165) is 16.8 Å². The summed E-state index contributed by atoms with van der Waals surface area (Å²) < 4.78 is 30.0. The van der Waals surface area contributed by atoms with E-state index in [2.05, 4.69) is 11.1 Å². The van der Waals surface area contributed by atoms with Crippen LogP contribution in [0.5, 0.6) is 5.75 Å². The van der Waals surface area contributed by atoms with Gasteiger partial charge in [-0.2, -0.15) is 8.42 Å². The molecule has 6 heteroatoms. The van der Waals surface area contributed by atoms with Crippen LogP contribution in [0.2, 0.25) is 5.02 Å². The molecule has 138 valence electrons. The number of halogens is 1. The Morgan fingerprint density at radius 3 is 2.41 bits per heavy atom. The van der Waals surface area contributed by atoms with Crippen LogP contribution in [0.1, 0.15) is 16.7 Å². The number of hydrogen-bond donors (Lipinski definition) is 0. The highest BCUT2D eigenvalue weighted by molar-refractivity contribution is 7.87. The third-order valence-corrected chi connectivity index (χ3v) is 5.38. The molecule has 0 fully saturated rings. The second-order valence-corrected chi connectivity index (χ2v) is 8.09. The SMILES string of the molecule is Cc1ccc(N=Cc2cccc(OS(=O)(=O)c3ccc(Cl)cc3)c2)c(C)c1. The van der Waals surface area contributed by atoms with Crippen molar-refractivity contribution in [2.24, 2.45) is 4.99 Å². The smallest absolute Gasteiger partial charge is 0.339 e. The van der Waals surface area contributed by atoms with Crippen LogP contribution in [0.25, 0.3) is 0 Å². The summed E-state index contributed by atoms with van der Waals surface area (Å²) in [6.07, 6.45) is 1.68. The number of aliphatic imine (C=N–C) groups is 1. The monoisotopic (exact) mass is 399 g/mol. The summed E-state index contributed by atoms with van der Waals surface area (Å²) in [6, 6.07) is 18.6. The van der Waals surface area contributed by atoms with Crippen molar-refractivity contribution in [2.75, 3.05) is 0 Å². The number of aryl methyl sites for hydroxylation is 2. The Labute approximate surface area is 164 Å². The normalized spacial score (nSPS) is 11.7. The Bertz CT molecular complexity index is 1090. The van der Waals surface area contributed by atoms with Crippen molar-refractivity contribution in [3.8, 4) is 5.75 Å². The molecule has 0 amide bonds. The second kappa shape index (κ2) is 7.94. The van der Waals surface area contributed by atoms with Crippen LogP contribution in [-0.2, 0) is 10.1 Å². The molecule has 3 aromatic rings. The lowest BCUT2D eigenvalue weighted by Crippen LogP contribution is -2.09. The fourth-order valence-electron chi connectivity index (χ4n) is 2.52. The number of nitrogens with zero attached hydrogens (tertiary/aromatic N) is 1. The van der Waals surface area contributed by atoms with Gasteiger partial charge in [-0.05, 0) is 67.4 Å². The van der Waals surface area contributed by atoms with Crippen molar-refractivity contribution < 1.29 is 12.6 Å². The van der Waals surface area contributed by atoms with Gasteiger partial charge in [-0.25, -0.2) is 0 Å². The lowest BCUT2D eigenvalue weighted by molar-refractivity contribution is 0.486. The number of hydrogen-bond acceptors (Lipinski definition) is 4. The molecular formula is C21H18ClNO3S. The van der Waals surface area contributed by atoms with Crippen molar-refractivity contribution in [2.45, 2.75) is 18.7 Å². The van der Waals surface area contributed by atoms with Crippen LogP contribution in [-0.4, -0.2) is 14.6 Å². The van der Waals surface area contributed by atoms with Gasteiger partial charge in [0.15, 0.2) is 0 Å². The van der Waals surface area contributed by atoms with E-state index in [1.807, 2.05) is 32.0 Å². The van der Waals surface area contributed by atoms with Crippen LogP contribution in [0.3, 0.4) is 0 Å². The Balaban J connectivity index is 1.81. The fourth-order valence-corrected chi connectivity index (χ4v) is 3.57. The minimum Gasteiger partial charge on any atom is -0.379 e. The minimum atomic E-state index is -3.93. The second-order valence-electron chi connectivity index (χ2n) is 6.11. The predicted molar refractivity (Wildman–Crippen MR) is 109 cm³/mol. The molecule has 0 aromatic heterocycles. The molecule has 3 aromatic carbocycles. The maximum Gasteiger partial charge on any atom is 0.339 e. The number of benzene rings is 3. The molecule has 4 nitrogen and oxygen atoms in total. The lowest BCUT2D eigenvalue weighted by atomic mass is 10.1. The largest absolute Gasteiger partial charge is 0.379 e. The summed E-state index contributed by atoms with van der Waals surface area (Å²) >= 11 is 5.80. The molecule has 0 heterocycles. The van der Waals surface area contributed by atoms with Crippen LogP contribution < -0.4 is 4.18 Å². The maximum atomic E-state index is 12.4. The Morgan fingerprint density at radius 2 is 1.70 bits per heavy atom. The molecule has 0 bridgehead atoms. The zero-order valence-corrected chi connectivity index (χ0v) is 16.5. The van der Waals surface area contributed by atoms with Crippen LogP contribution in [0.4, 0.5) is 5.69 Å². The lowest BCUT2D eigenvalue weighted by Gasteiger charge is -2.07. The van der Waals surface area contributed by atoms with Crippen LogP contribution in [0, 0.1) is 13.8 Å². The molecule has 0 aliphatic rings. The highest BCUT2D eigenvalue weighted by atomic mass is 35.5. The minimum absolute atomic E-state index is 0.0428. The van der Waals surface area contributed by atoms with Gasteiger partial charge in [0.1, 0.15) is 10.6 Å². The van der Waals surface area contributed by atoms with E-state index in [-0.39, 0.29) is 10.6 Å². The van der Waals surface area contributed by atoms with Gasteiger partial charge >= 0.3 is 10.1 Å². The Kier molecular flexibility index (Phi) is 5.63. The summed E-state index contributed by atoms with van der Waals surface area (Å²) in [4.78, 5) is 4.52. The van der Waals surface area contributed by atoms with Crippen LogP contribution in [0.15, 0.2) is 76.6 Å². The summed E-state index contributed by atoms with van der Waals surface area (Å²) in [5.41, 5.74) is 3.85. The van der Waals surface area contributed by atoms with Crippen molar-refractivity contribution in [1.29, 1.82) is 0 Å². The molecule has 27 heavy (non-hydrogen) atoms. The third kappa shape index (κ3) is 4.96. The zero-order chi connectivity index (χ0) is 19.4. The summed E-state index contributed by atoms with van der Waals surface area (Å²) in [7, 11) is -3.93. The van der Waals surface area contributed by atoms with E-state index in [4.69, 9.17) is 15.8 Å². The van der Waals surface area contributed by atoms with Crippen molar-refractivity contribution >= 4 is 33.6 Å². The third-order valence-electron chi connectivity index (χ3n) is 3.87. The van der Waals surface area contributed by atoms with E-state index in [0.29, 0.717) is 5.02 Å². The van der Waals surface area contributed by atoms with E-state index in [1.54, 1.807) is 24.4 Å². The first-order valence-corrected chi connectivity index (χ1v) is 10.0. The van der Waals surface area contributed by atoms with E-state index in [1.165, 1.54) is 29.8 Å². The Hall–Kier alpha value is -2.63. The van der Waals surface area contributed by atoms with E-state index >= 15 is 0 Å². The average molecular weight is 400 g/mol. The highest BCUT2D eigenvalue weighted by Gasteiger charge is 2.16. The summed E-state index contributed by atoms with van der Waals surface area (Å²) in [6.45, 7) is 4.03. The maximum absolute atomic E-state index is 12.4. The molecule has 0 atom stereocenters. The predicted octanol–water partition coefficient (Wildman–Crippen LogP) is 5.48. The van der Waals surface area contributed by atoms with Crippen LogP contribution >= 0.6 is 11.6 Å². The molecule has 0 N–H and O–H groups in total. The van der Waals surface area contributed by atoms with Gasteiger partial charge in [-0.15, -0.1) is 0 Å². The molecule has 0 aliphatic carbocycles. The van der Waals surface area contributed by atoms with Gasteiger partial charge in [-0.1, -0.05) is 41.4 Å². The fraction of sp³-hybridized carbons (Fsp3) is 0.0952. The standard InChI is InChI=1S/C21H18ClNO3S/c1-15-6-11-21(16(2)12-15)23-14-17-4-3-5-19(13-17)26-27(24,25)20-9-7-18(22)8-10-20/h3-14H,1-2H3. The molecule has 0 saturated heterocycles. The average Bonchev–Trinajstić information content (AvgIpc) is 2.61. The van der Waals surface area contributed by atoms with E-state index < -0.39 is 10.1 Å². The molecule has 3 rings (SSSR count). The van der Waals surface area contributed by atoms with Crippen molar-refractivity contribution in [3.63, 3.8) is 0 Å². The summed E-state index contributed by atoms with van der Waals surface area (Å²) in [5, 5.41) is 0.457. The van der Waals surface area contributed by atoms with Gasteiger partial charge in [0, 0.05) is 11.2 Å². The molecule has 0 radical (unpaired) electrons. The van der Waals surface area contributed by atoms with Gasteiger partial charge in [0.25, 0.3) is 0 Å². The molecule has 0 unspecified atom stereocenters. The number of rotatable bonds is 5. The Morgan fingerprint density at radius 1 is 0.963 bits per heavy atom.